The number of hydrogen-bond donors (Lipinski definition) is 0. The van der Waals surface area contributed by atoms with Crippen LogP contribution < -0.4 is 0 Å². The van der Waals surface area contributed by atoms with Crippen LogP contribution in [0.1, 0.15) is 20.3 Å². The molecule has 3 nitrogen and oxygen atoms in total. The Balaban J connectivity index is 2.26. The van der Waals surface area contributed by atoms with Gasteiger partial charge in [0.05, 0.1) is 9.37 Å². The van der Waals surface area contributed by atoms with Crippen molar-refractivity contribution in [1.29, 1.82) is 0 Å². The lowest BCUT2D eigenvalue weighted by Gasteiger charge is -2.18. The van der Waals surface area contributed by atoms with Crippen molar-refractivity contribution in [3.05, 3.63) is 28.5 Å². The zero-order chi connectivity index (χ0) is 14.2. The van der Waals surface area contributed by atoms with Gasteiger partial charge >= 0.3 is 0 Å². The SMILES string of the molecule is CC(C)C1CCN(S(=O)(=O)c2ccc(Br)c(F)c2)C1. The molecule has 106 valence electrons. The highest BCUT2D eigenvalue weighted by atomic mass is 79.9. The van der Waals surface area contributed by atoms with E-state index >= 15 is 0 Å². The zero-order valence-electron chi connectivity index (χ0n) is 10.9. The van der Waals surface area contributed by atoms with E-state index in [-0.39, 0.29) is 9.37 Å². The molecule has 1 saturated heterocycles. The minimum Gasteiger partial charge on any atom is -0.207 e. The normalized spacial score (nSPS) is 21.2. The van der Waals surface area contributed by atoms with Crippen molar-refractivity contribution >= 4 is 26.0 Å². The number of benzene rings is 1. The van der Waals surface area contributed by atoms with Gasteiger partial charge in [-0.05, 0) is 52.4 Å². The molecule has 2 rings (SSSR count). The summed E-state index contributed by atoms with van der Waals surface area (Å²) in [5.74, 6) is 0.289. The second kappa shape index (κ2) is 5.50. The maximum atomic E-state index is 13.5. The smallest absolute Gasteiger partial charge is 0.207 e. The average molecular weight is 350 g/mol. The summed E-state index contributed by atoms with van der Waals surface area (Å²) in [4.78, 5) is 0.0256. The molecule has 0 saturated carbocycles. The zero-order valence-corrected chi connectivity index (χ0v) is 13.3. The first-order valence-electron chi connectivity index (χ1n) is 6.27. The van der Waals surface area contributed by atoms with Crippen LogP contribution in [0.4, 0.5) is 4.39 Å². The molecule has 0 aromatic heterocycles. The summed E-state index contributed by atoms with van der Waals surface area (Å²) in [6.07, 6.45) is 0.871. The highest BCUT2D eigenvalue weighted by Gasteiger charge is 2.33. The lowest BCUT2D eigenvalue weighted by molar-refractivity contribution is 0.388. The van der Waals surface area contributed by atoms with Gasteiger partial charge in [-0.1, -0.05) is 13.8 Å². The molecule has 6 heteroatoms. The van der Waals surface area contributed by atoms with Crippen LogP contribution in [0, 0.1) is 17.7 Å². The minimum atomic E-state index is -3.57. The summed E-state index contributed by atoms with van der Waals surface area (Å²) >= 11 is 3.02. The van der Waals surface area contributed by atoms with E-state index in [4.69, 9.17) is 0 Å². The van der Waals surface area contributed by atoms with Gasteiger partial charge in [0.2, 0.25) is 10.0 Å². The standard InChI is InChI=1S/C13H17BrFNO2S/c1-9(2)10-5-6-16(8-10)19(17,18)11-3-4-12(14)13(15)7-11/h3-4,7,9-10H,5-6,8H2,1-2H3. The fourth-order valence-electron chi connectivity index (χ4n) is 2.30. The van der Waals surface area contributed by atoms with Crippen LogP contribution in [-0.2, 0) is 10.0 Å². The van der Waals surface area contributed by atoms with E-state index in [0.29, 0.717) is 24.9 Å². The molecule has 0 radical (unpaired) electrons. The Morgan fingerprint density at radius 2 is 2.11 bits per heavy atom. The molecule has 1 fully saturated rings. The van der Waals surface area contributed by atoms with E-state index < -0.39 is 15.8 Å². The molecule has 1 aliphatic heterocycles. The third-order valence-corrected chi connectivity index (χ3v) is 6.16. The number of hydrogen-bond acceptors (Lipinski definition) is 2. The molecular formula is C13H17BrFNO2S. The molecule has 0 bridgehead atoms. The monoisotopic (exact) mass is 349 g/mol. The molecule has 1 aromatic carbocycles. The summed E-state index contributed by atoms with van der Waals surface area (Å²) < 4.78 is 40.0. The lowest BCUT2D eigenvalue weighted by Crippen LogP contribution is -2.29. The molecule has 1 aliphatic rings. The molecule has 19 heavy (non-hydrogen) atoms. The minimum absolute atomic E-state index is 0.0256. The Morgan fingerprint density at radius 1 is 1.42 bits per heavy atom. The van der Waals surface area contributed by atoms with Crippen LogP contribution in [-0.4, -0.2) is 25.8 Å². The van der Waals surface area contributed by atoms with E-state index in [1.54, 1.807) is 0 Å². The summed E-state index contributed by atoms with van der Waals surface area (Å²) in [6.45, 7) is 5.24. The number of rotatable bonds is 3. The van der Waals surface area contributed by atoms with Gasteiger partial charge in [0.1, 0.15) is 5.82 Å². The Kier molecular flexibility index (Phi) is 4.32. The molecule has 0 amide bonds. The quantitative estimate of drug-likeness (QED) is 0.839. The largest absolute Gasteiger partial charge is 0.243 e. The Hall–Kier alpha value is -0.460. The molecule has 0 spiro atoms. The first-order valence-corrected chi connectivity index (χ1v) is 8.51. The van der Waals surface area contributed by atoms with Crippen LogP contribution in [0.5, 0.6) is 0 Å². The van der Waals surface area contributed by atoms with Crippen molar-refractivity contribution in [1.82, 2.24) is 4.31 Å². The van der Waals surface area contributed by atoms with Crippen molar-refractivity contribution < 1.29 is 12.8 Å². The highest BCUT2D eigenvalue weighted by Crippen LogP contribution is 2.29. The highest BCUT2D eigenvalue weighted by molar-refractivity contribution is 9.10. The van der Waals surface area contributed by atoms with Gasteiger partial charge in [-0.15, -0.1) is 0 Å². The van der Waals surface area contributed by atoms with Gasteiger partial charge in [-0.2, -0.15) is 4.31 Å². The van der Waals surface area contributed by atoms with Gasteiger partial charge in [0.25, 0.3) is 0 Å². The van der Waals surface area contributed by atoms with Crippen molar-refractivity contribution in [3.63, 3.8) is 0 Å². The van der Waals surface area contributed by atoms with Gasteiger partial charge in [-0.25, -0.2) is 12.8 Å². The number of sulfonamides is 1. The Morgan fingerprint density at radius 3 is 2.63 bits per heavy atom. The van der Waals surface area contributed by atoms with Crippen LogP contribution in [0.15, 0.2) is 27.6 Å². The average Bonchev–Trinajstić information content (AvgIpc) is 2.82. The molecule has 0 aliphatic carbocycles. The van der Waals surface area contributed by atoms with Crippen LogP contribution in [0.3, 0.4) is 0 Å². The third-order valence-electron chi connectivity index (χ3n) is 3.66. The summed E-state index contributed by atoms with van der Waals surface area (Å²) in [5.41, 5.74) is 0. The van der Waals surface area contributed by atoms with E-state index in [1.165, 1.54) is 16.4 Å². The van der Waals surface area contributed by atoms with Gasteiger partial charge < -0.3 is 0 Å². The van der Waals surface area contributed by atoms with E-state index in [1.807, 2.05) is 0 Å². The fraction of sp³-hybridized carbons (Fsp3) is 0.538. The predicted molar refractivity (Wildman–Crippen MR) is 75.8 cm³/mol. The Labute approximate surface area is 122 Å². The number of nitrogens with zero attached hydrogens (tertiary/aromatic N) is 1. The van der Waals surface area contributed by atoms with E-state index in [0.717, 1.165) is 12.5 Å². The first kappa shape index (κ1) is 14.9. The molecule has 1 heterocycles. The summed E-state index contributed by atoms with van der Waals surface area (Å²) in [6, 6.07) is 3.94. The van der Waals surface area contributed by atoms with Crippen molar-refractivity contribution in [2.45, 2.75) is 25.2 Å². The molecule has 1 atom stereocenters. The second-order valence-electron chi connectivity index (χ2n) is 5.23. The van der Waals surface area contributed by atoms with Crippen LogP contribution in [0.25, 0.3) is 0 Å². The van der Waals surface area contributed by atoms with Crippen LogP contribution in [0.2, 0.25) is 0 Å². The topological polar surface area (TPSA) is 37.4 Å². The maximum absolute atomic E-state index is 13.5. The van der Waals surface area contributed by atoms with Gasteiger partial charge in [-0.3, -0.25) is 0 Å². The van der Waals surface area contributed by atoms with Crippen molar-refractivity contribution in [2.24, 2.45) is 11.8 Å². The number of halogens is 2. The molecular weight excluding hydrogens is 333 g/mol. The maximum Gasteiger partial charge on any atom is 0.243 e. The molecule has 1 unspecified atom stereocenters. The fourth-order valence-corrected chi connectivity index (χ4v) is 4.07. The first-order chi connectivity index (χ1) is 8.82. The lowest BCUT2D eigenvalue weighted by atomic mass is 9.96. The van der Waals surface area contributed by atoms with Crippen LogP contribution >= 0.6 is 15.9 Å². The molecule has 1 aromatic rings. The summed E-state index contributed by atoms with van der Waals surface area (Å²) in [7, 11) is -3.57. The second-order valence-corrected chi connectivity index (χ2v) is 8.02. The van der Waals surface area contributed by atoms with Crippen molar-refractivity contribution in [3.8, 4) is 0 Å². The van der Waals surface area contributed by atoms with Gasteiger partial charge in [0.15, 0.2) is 0 Å². The molecule has 0 N–H and O–H groups in total. The summed E-state index contributed by atoms with van der Waals surface area (Å²) in [5, 5.41) is 0. The Bertz CT molecular complexity index is 574. The van der Waals surface area contributed by atoms with E-state index in [2.05, 4.69) is 29.8 Å². The predicted octanol–water partition coefficient (Wildman–Crippen LogP) is 3.25. The third kappa shape index (κ3) is 3.01. The van der Waals surface area contributed by atoms with Crippen molar-refractivity contribution in [2.75, 3.05) is 13.1 Å². The van der Waals surface area contributed by atoms with E-state index in [9.17, 15) is 12.8 Å². The van der Waals surface area contributed by atoms with Gasteiger partial charge in [0, 0.05) is 13.1 Å².